The van der Waals surface area contributed by atoms with E-state index in [1.54, 1.807) is 6.07 Å². The third-order valence-electron chi connectivity index (χ3n) is 6.87. The Hall–Kier alpha value is -2.43. The van der Waals surface area contributed by atoms with Gasteiger partial charge in [0.15, 0.2) is 0 Å². The molecule has 1 aliphatic heterocycles. The van der Waals surface area contributed by atoms with Crippen LogP contribution < -0.4 is 9.64 Å². The third-order valence-corrected chi connectivity index (χ3v) is 6.87. The molecule has 4 nitrogen and oxygen atoms in total. The van der Waals surface area contributed by atoms with E-state index < -0.39 is 0 Å². The van der Waals surface area contributed by atoms with E-state index in [2.05, 4.69) is 34.8 Å². The summed E-state index contributed by atoms with van der Waals surface area (Å²) in [4.78, 5) is 11.2. The first kappa shape index (κ1) is 21.8. The Morgan fingerprint density at radius 1 is 1.06 bits per heavy atom. The molecule has 2 aliphatic rings. The molecule has 5 heteroatoms. The third kappa shape index (κ3) is 5.44. The first-order chi connectivity index (χ1) is 15.2. The van der Waals surface area contributed by atoms with E-state index >= 15 is 0 Å². The highest BCUT2D eigenvalue weighted by atomic mass is 19.1. The Morgan fingerprint density at radius 2 is 1.84 bits per heavy atom. The summed E-state index contributed by atoms with van der Waals surface area (Å²) in [6.07, 6.45) is 13.5. The average Bonchev–Trinajstić information content (AvgIpc) is 2.83. The second-order valence-corrected chi connectivity index (χ2v) is 8.91. The predicted octanol–water partition coefficient (Wildman–Crippen LogP) is 6.07. The molecule has 2 aromatic rings. The Labute approximate surface area is 185 Å². The molecule has 166 valence electrons. The van der Waals surface area contributed by atoms with E-state index in [0.717, 1.165) is 80.2 Å². The van der Waals surface area contributed by atoms with Crippen molar-refractivity contribution in [2.45, 2.75) is 58.8 Å². The molecule has 1 fully saturated rings. The van der Waals surface area contributed by atoms with Crippen LogP contribution >= 0.6 is 0 Å². The van der Waals surface area contributed by atoms with Crippen LogP contribution in [0.2, 0.25) is 0 Å². The molecule has 1 aliphatic carbocycles. The Balaban J connectivity index is 1.27. The van der Waals surface area contributed by atoms with Crippen LogP contribution in [0.1, 0.15) is 63.5 Å². The number of aromatic nitrogens is 2. The lowest BCUT2D eigenvalue weighted by molar-refractivity contribution is 0.221. The molecular formula is C26H34FN3O. The fraction of sp³-hybridized carbons (Fsp3) is 0.538. The quantitative estimate of drug-likeness (QED) is 0.542. The van der Waals surface area contributed by atoms with Gasteiger partial charge in [0.2, 0.25) is 5.95 Å². The van der Waals surface area contributed by atoms with Crippen LogP contribution in [0.4, 0.5) is 10.3 Å². The highest BCUT2D eigenvalue weighted by Crippen LogP contribution is 2.34. The summed E-state index contributed by atoms with van der Waals surface area (Å²) in [5.41, 5.74) is 3.05. The topological polar surface area (TPSA) is 38.2 Å². The largest absolute Gasteiger partial charge is 0.493 e. The van der Waals surface area contributed by atoms with E-state index in [1.807, 2.05) is 24.5 Å². The molecule has 2 heterocycles. The molecule has 1 unspecified atom stereocenters. The zero-order valence-electron chi connectivity index (χ0n) is 18.8. The molecule has 0 spiro atoms. The second kappa shape index (κ2) is 10.3. The van der Waals surface area contributed by atoms with Gasteiger partial charge in [-0.1, -0.05) is 26.3 Å². The normalized spacial score (nSPS) is 19.9. The monoisotopic (exact) mass is 423 g/mol. The van der Waals surface area contributed by atoms with Crippen molar-refractivity contribution < 1.29 is 9.13 Å². The van der Waals surface area contributed by atoms with Gasteiger partial charge in [0, 0.05) is 37.1 Å². The summed E-state index contributed by atoms with van der Waals surface area (Å²) in [6, 6.07) is 5.37. The maximum Gasteiger partial charge on any atom is 0.225 e. The number of hydrogen-bond donors (Lipinski definition) is 0. The van der Waals surface area contributed by atoms with Crippen molar-refractivity contribution in [3.05, 3.63) is 53.6 Å². The van der Waals surface area contributed by atoms with E-state index in [4.69, 9.17) is 4.74 Å². The number of rotatable bonds is 7. The van der Waals surface area contributed by atoms with Crippen LogP contribution in [-0.2, 0) is 6.42 Å². The minimum atomic E-state index is -0.166. The lowest BCUT2D eigenvalue weighted by atomic mass is 9.85. The number of nitrogens with zero attached hydrogens (tertiary/aromatic N) is 3. The van der Waals surface area contributed by atoms with E-state index in [1.165, 1.54) is 6.42 Å². The smallest absolute Gasteiger partial charge is 0.225 e. The number of allylic oxidation sites excluding steroid dienone is 2. The minimum Gasteiger partial charge on any atom is -0.493 e. The number of piperidine rings is 1. The SMILES string of the molecule is CCc1cnc(N2CCC(COc3ccc(C4=CCC(CC)CC4)c(F)c3)CC2)nc1. The Bertz CT molecular complexity index is 888. The van der Waals surface area contributed by atoms with Crippen molar-refractivity contribution in [1.29, 1.82) is 0 Å². The molecule has 31 heavy (non-hydrogen) atoms. The van der Waals surface area contributed by atoms with Gasteiger partial charge >= 0.3 is 0 Å². The summed E-state index contributed by atoms with van der Waals surface area (Å²) < 4.78 is 20.7. The predicted molar refractivity (Wildman–Crippen MR) is 124 cm³/mol. The fourth-order valence-corrected chi connectivity index (χ4v) is 4.56. The molecule has 0 radical (unpaired) electrons. The number of halogens is 1. The van der Waals surface area contributed by atoms with Gasteiger partial charge in [0.1, 0.15) is 11.6 Å². The number of benzene rings is 1. The molecule has 0 saturated carbocycles. The fourth-order valence-electron chi connectivity index (χ4n) is 4.56. The van der Waals surface area contributed by atoms with Crippen LogP contribution in [0.15, 0.2) is 36.7 Å². The van der Waals surface area contributed by atoms with Crippen molar-refractivity contribution in [1.82, 2.24) is 9.97 Å². The van der Waals surface area contributed by atoms with Gasteiger partial charge in [0.25, 0.3) is 0 Å². The van der Waals surface area contributed by atoms with Crippen LogP contribution in [0.5, 0.6) is 5.75 Å². The summed E-state index contributed by atoms with van der Waals surface area (Å²) in [7, 11) is 0. The molecule has 1 aromatic carbocycles. The van der Waals surface area contributed by atoms with Gasteiger partial charge < -0.3 is 9.64 Å². The highest BCUT2D eigenvalue weighted by molar-refractivity contribution is 5.67. The van der Waals surface area contributed by atoms with Gasteiger partial charge in [-0.25, -0.2) is 14.4 Å². The summed E-state index contributed by atoms with van der Waals surface area (Å²) in [5.74, 6) is 2.51. The van der Waals surface area contributed by atoms with Crippen molar-refractivity contribution in [3.63, 3.8) is 0 Å². The summed E-state index contributed by atoms with van der Waals surface area (Å²) >= 11 is 0. The molecule has 4 rings (SSSR count). The summed E-state index contributed by atoms with van der Waals surface area (Å²) in [6.45, 7) is 6.83. The van der Waals surface area contributed by atoms with E-state index in [9.17, 15) is 4.39 Å². The van der Waals surface area contributed by atoms with Crippen molar-refractivity contribution in [2.75, 3.05) is 24.6 Å². The van der Waals surface area contributed by atoms with Crippen LogP contribution in [0.25, 0.3) is 5.57 Å². The standard InChI is InChI=1S/C26H34FN3O/c1-3-19-5-7-22(8-6-19)24-10-9-23(15-25(24)27)31-18-21-11-13-30(14-12-21)26-28-16-20(4-2)17-29-26/h7,9-10,15-17,19,21H,3-6,8,11-14,18H2,1-2H3. The molecular weight excluding hydrogens is 389 g/mol. The lowest BCUT2D eigenvalue weighted by Gasteiger charge is -2.31. The van der Waals surface area contributed by atoms with Gasteiger partial charge in [0.05, 0.1) is 6.61 Å². The maximum absolute atomic E-state index is 14.7. The zero-order chi connectivity index (χ0) is 21.6. The Morgan fingerprint density at radius 3 is 2.45 bits per heavy atom. The molecule has 0 amide bonds. The van der Waals surface area contributed by atoms with Crippen LogP contribution in [0, 0.1) is 17.7 Å². The number of hydrogen-bond acceptors (Lipinski definition) is 4. The van der Waals surface area contributed by atoms with Crippen LogP contribution in [-0.4, -0.2) is 29.7 Å². The molecule has 0 bridgehead atoms. The average molecular weight is 424 g/mol. The first-order valence-corrected chi connectivity index (χ1v) is 11.8. The molecule has 1 aromatic heterocycles. The van der Waals surface area contributed by atoms with Crippen molar-refractivity contribution in [3.8, 4) is 5.75 Å². The first-order valence-electron chi connectivity index (χ1n) is 11.8. The Kier molecular flexibility index (Phi) is 7.21. The van der Waals surface area contributed by atoms with Gasteiger partial charge in [-0.05, 0) is 73.6 Å². The van der Waals surface area contributed by atoms with Gasteiger partial charge in [-0.2, -0.15) is 0 Å². The molecule has 1 atom stereocenters. The van der Waals surface area contributed by atoms with Crippen LogP contribution in [0.3, 0.4) is 0 Å². The van der Waals surface area contributed by atoms with Crippen molar-refractivity contribution in [2.24, 2.45) is 11.8 Å². The van der Waals surface area contributed by atoms with Gasteiger partial charge in [-0.15, -0.1) is 0 Å². The van der Waals surface area contributed by atoms with Crippen molar-refractivity contribution >= 4 is 11.5 Å². The zero-order valence-corrected chi connectivity index (χ0v) is 18.8. The minimum absolute atomic E-state index is 0.166. The maximum atomic E-state index is 14.7. The molecule has 1 saturated heterocycles. The number of aryl methyl sites for hydroxylation is 1. The van der Waals surface area contributed by atoms with E-state index in [-0.39, 0.29) is 5.82 Å². The molecule has 0 N–H and O–H groups in total. The number of ether oxygens (including phenoxy) is 1. The second-order valence-electron chi connectivity index (χ2n) is 8.91. The lowest BCUT2D eigenvalue weighted by Crippen LogP contribution is -2.36. The number of anilines is 1. The summed E-state index contributed by atoms with van der Waals surface area (Å²) in [5, 5.41) is 0. The van der Waals surface area contributed by atoms with E-state index in [0.29, 0.717) is 18.3 Å². The van der Waals surface area contributed by atoms with Gasteiger partial charge in [-0.3, -0.25) is 0 Å². The highest BCUT2D eigenvalue weighted by Gasteiger charge is 2.22.